The lowest BCUT2D eigenvalue weighted by atomic mass is 9.85. The summed E-state index contributed by atoms with van der Waals surface area (Å²) in [5.74, 6) is 1.65. The third kappa shape index (κ3) is 5.49. The molecular formula is C31H29ClN6O4. The number of rotatable bonds is 7. The second kappa shape index (κ2) is 11.7. The number of hydrogen-bond donors (Lipinski definition) is 2. The van der Waals surface area contributed by atoms with Crippen LogP contribution in [0.15, 0.2) is 54.9 Å². The Balaban J connectivity index is 1.24. The second-order valence-electron chi connectivity index (χ2n) is 10.4. The lowest BCUT2D eigenvalue weighted by molar-refractivity contribution is 0.0783. The van der Waals surface area contributed by atoms with Crippen molar-refractivity contribution in [2.24, 2.45) is 5.92 Å². The van der Waals surface area contributed by atoms with Gasteiger partial charge in [-0.25, -0.2) is 4.79 Å². The van der Waals surface area contributed by atoms with E-state index in [2.05, 4.69) is 26.7 Å². The monoisotopic (exact) mass is 584 g/mol. The minimum absolute atomic E-state index is 0.259. The average Bonchev–Trinajstić information content (AvgIpc) is 2.98. The first kappa shape index (κ1) is 27.6. The van der Waals surface area contributed by atoms with Crippen LogP contribution in [0.2, 0.25) is 5.02 Å². The van der Waals surface area contributed by atoms with Gasteiger partial charge in [0.05, 0.1) is 40.3 Å². The molecule has 10 nitrogen and oxygen atoms in total. The highest BCUT2D eigenvalue weighted by molar-refractivity contribution is 6.33. The maximum Gasteiger partial charge on any atom is 0.415 e. The Kier molecular flexibility index (Phi) is 7.69. The Bertz CT molecular complexity index is 1710. The third-order valence-electron chi connectivity index (χ3n) is 7.80. The Morgan fingerprint density at radius 1 is 1.24 bits per heavy atom. The van der Waals surface area contributed by atoms with Crippen LogP contribution in [0.1, 0.15) is 23.2 Å². The lowest BCUT2D eigenvalue weighted by Crippen LogP contribution is -2.62. The van der Waals surface area contributed by atoms with Crippen LogP contribution in [-0.4, -0.2) is 53.7 Å². The van der Waals surface area contributed by atoms with Crippen molar-refractivity contribution in [3.63, 3.8) is 0 Å². The first-order chi connectivity index (χ1) is 20.4. The molecule has 1 amide bonds. The summed E-state index contributed by atoms with van der Waals surface area (Å²) in [6, 6.07) is 15.2. The van der Waals surface area contributed by atoms with Gasteiger partial charge in [-0.05, 0) is 43.2 Å². The van der Waals surface area contributed by atoms with E-state index in [1.54, 1.807) is 41.4 Å². The number of likely N-dealkylation sites (tertiary alicyclic amines) is 1. The fourth-order valence-corrected chi connectivity index (χ4v) is 5.49. The predicted molar refractivity (Wildman–Crippen MR) is 159 cm³/mol. The number of methoxy groups -OCH3 is 1. The number of nitriles is 1. The molecular weight excluding hydrogens is 556 g/mol. The highest BCUT2D eigenvalue weighted by Gasteiger charge is 2.37. The molecule has 0 bridgehead atoms. The molecule has 2 fully saturated rings. The molecule has 0 radical (unpaired) electrons. The minimum atomic E-state index is -0.419. The van der Waals surface area contributed by atoms with Crippen molar-refractivity contribution in [1.82, 2.24) is 20.2 Å². The van der Waals surface area contributed by atoms with E-state index in [1.807, 2.05) is 19.1 Å². The van der Waals surface area contributed by atoms with Gasteiger partial charge in [0, 0.05) is 61.5 Å². The molecule has 2 aliphatic heterocycles. The summed E-state index contributed by atoms with van der Waals surface area (Å²) in [5.41, 5.74) is 3.79. The molecule has 2 atom stereocenters. The molecule has 2 saturated heterocycles. The van der Waals surface area contributed by atoms with Crippen LogP contribution in [0.25, 0.3) is 10.9 Å². The van der Waals surface area contributed by atoms with Gasteiger partial charge < -0.3 is 29.7 Å². The molecule has 2 aliphatic rings. The van der Waals surface area contributed by atoms with Gasteiger partial charge in [-0.3, -0.25) is 9.97 Å². The predicted octanol–water partition coefficient (Wildman–Crippen LogP) is 5.59. The molecule has 42 heavy (non-hydrogen) atoms. The molecule has 2 unspecified atom stereocenters. The molecule has 11 heteroatoms. The van der Waals surface area contributed by atoms with Gasteiger partial charge >= 0.3 is 6.09 Å². The van der Waals surface area contributed by atoms with Crippen LogP contribution >= 0.6 is 11.6 Å². The number of aryl methyl sites for hydroxylation is 1. The molecule has 214 valence electrons. The number of fused-ring (bicyclic) bond motifs is 2. The Morgan fingerprint density at radius 3 is 2.83 bits per heavy atom. The number of halogens is 1. The van der Waals surface area contributed by atoms with Crippen LogP contribution < -0.4 is 24.8 Å². The van der Waals surface area contributed by atoms with Crippen molar-refractivity contribution in [3.05, 3.63) is 76.7 Å². The van der Waals surface area contributed by atoms with Gasteiger partial charge in [0.2, 0.25) is 0 Å². The first-order valence-electron chi connectivity index (χ1n) is 13.6. The Hall–Kier alpha value is -4.59. The zero-order valence-electron chi connectivity index (χ0n) is 23.2. The molecule has 0 aliphatic carbocycles. The number of amides is 1. The van der Waals surface area contributed by atoms with Gasteiger partial charge in [-0.1, -0.05) is 17.7 Å². The number of piperidine rings is 1. The molecule has 0 spiro atoms. The standard InChI is InChI=1S/C31H29ClN6O4/c1-18-4-3-8-34-27(18)17-41-21-5-6-25(23(32)10-21)37-30-19(13-33)14-36-26-12-29(28(40-2)11-22(26)30)42-31(39)38-9-7-24-20(16-38)15-35-24/h3-6,8,10-12,14,20,24,35H,7,9,15-17H2,1-2H3,(H,36,37). The zero-order valence-corrected chi connectivity index (χ0v) is 23.9. The number of nitrogens with one attached hydrogen (secondary N) is 2. The molecule has 4 heterocycles. The normalized spacial score (nSPS) is 17.5. The average molecular weight is 585 g/mol. The zero-order chi connectivity index (χ0) is 29.2. The third-order valence-corrected chi connectivity index (χ3v) is 8.11. The van der Waals surface area contributed by atoms with Crippen molar-refractivity contribution in [1.29, 1.82) is 5.26 Å². The number of nitrogens with zero attached hydrogens (tertiary/aromatic N) is 4. The molecule has 2 aromatic heterocycles. The number of aromatic nitrogens is 2. The second-order valence-corrected chi connectivity index (χ2v) is 10.8. The van der Waals surface area contributed by atoms with Gasteiger partial charge in [0.1, 0.15) is 18.4 Å². The van der Waals surface area contributed by atoms with E-state index in [4.69, 9.17) is 25.8 Å². The van der Waals surface area contributed by atoms with Gasteiger partial charge in [-0.2, -0.15) is 5.26 Å². The molecule has 0 saturated carbocycles. The van der Waals surface area contributed by atoms with Crippen LogP contribution in [0.5, 0.6) is 17.2 Å². The maximum atomic E-state index is 13.0. The molecule has 2 aromatic carbocycles. The highest BCUT2D eigenvalue weighted by Crippen LogP contribution is 2.39. The van der Waals surface area contributed by atoms with Crippen LogP contribution in [-0.2, 0) is 6.61 Å². The van der Waals surface area contributed by atoms with E-state index >= 15 is 0 Å². The summed E-state index contributed by atoms with van der Waals surface area (Å²) in [4.78, 5) is 23.5. The van der Waals surface area contributed by atoms with Crippen LogP contribution in [0.4, 0.5) is 16.2 Å². The Morgan fingerprint density at radius 2 is 2.12 bits per heavy atom. The molecule has 6 rings (SSSR count). The quantitative estimate of drug-likeness (QED) is 0.286. The van der Waals surface area contributed by atoms with Gasteiger partial charge in [0.15, 0.2) is 11.5 Å². The minimum Gasteiger partial charge on any atom is -0.493 e. The van der Waals surface area contributed by atoms with Crippen LogP contribution in [0.3, 0.4) is 0 Å². The number of carbonyl (C=O) groups excluding carboxylic acids is 1. The van der Waals surface area contributed by atoms with Crippen molar-refractivity contribution in [2.45, 2.75) is 26.0 Å². The fourth-order valence-electron chi connectivity index (χ4n) is 5.28. The summed E-state index contributed by atoms with van der Waals surface area (Å²) in [6.07, 6.45) is 3.69. The Labute approximate surface area is 248 Å². The van der Waals surface area contributed by atoms with E-state index < -0.39 is 6.09 Å². The van der Waals surface area contributed by atoms with E-state index in [9.17, 15) is 10.1 Å². The number of hydrogen-bond acceptors (Lipinski definition) is 9. The lowest BCUT2D eigenvalue weighted by Gasteiger charge is -2.45. The van der Waals surface area contributed by atoms with Gasteiger partial charge in [0.25, 0.3) is 0 Å². The number of benzene rings is 2. The van der Waals surface area contributed by atoms with Crippen molar-refractivity contribution < 1.29 is 19.0 Å². The topological polar surface area (TPSA) is 122 Å². The number of carbonyl (C=O) groups is 1. The highest BCUT2D eigenvalue weighted by atomic mass is 35.5. The largest absolute Gasteiger partial charge is 0.493 e. The maximum absolute atomic E-state index is 13.0. The number of ether oxygens (including phenoxy) is 3. The number of anilines is 2. The van der Waals surface area contributed by atoms with E-state index in [-0.39, 0.29) is 5.75 Å². The molecule has 4 aromatic rings. The summed E-state index contributed by atoms with van der Waals surface area (Å²) < 4.78 is 17.3. The van der Waals surface area contributed by atoms with Crippen molar-refractivity contribution in [3.8, 4) is 23.3 Å². The summed E-state index contributed by atoms with van der Waals surface area (Å²) in [6.45, 7) is 4.51. The van der Waals surface area contributed by atoms with Crippen molar-refractivity contribution in [2.75, 3.05) is 32.1 Å². The SMILES string of the molecule is COc1cc2c(Nc3ccc(OCc4ncccc4C)cc3Cl)c(C#N)cnc2cc1OC(=O)N1CCC2NCC2C1. The summed E-state index contributed by atoms with van der Waals surface area (Å²) in [5, 5.41) is 17.5. The first-order valence-corrected chi connectivity index (χ1v) is 14.0. The fraction of sp³-hybridized carbons (Fsp3) is 0.290. The van der Waals surface area contributed by atoms with Gasteiger partial charge in [-0.15, -0.1) is 0 Å². The molecule has 2 N–H and O–H groups in total. The van der Waals surface area contributed by atoms with Crippen molar-refractivity contribution >= 4 is 40.0 Å². The summed E-state index contributed by atoms with van der Waals surface area (Å²) in [7, 11) is 1.50. The van der Waals surface area contributed by atoms with Crippen LogP contribution in [0, 0.1) is 24.2 Å². The summed E-state index contributed by atoms with van der Waals surface area (Å²) >= 11 is 6.63. The number of pyridine rings is 2. The smallest absolute Gasteiger partial charge is 0.415 e. The van der Waals surface area contributed by atoms with E-state index in [0.29, 0.717) is 76.0 Å². The van der Waals surface area contributed by atoms with E-state index in [0.717, 1.165) is 24.2 Å². The van der Waals surface area contributed by atoms with E-state index in [1.165, 1.54) is 13.3 Å².